The van der Waals surface area contributed by atoms with Gasteiger partial charge in [0.1, 0.15) is 0 Å². The highest BCUT2D eigenvalue weighted by molar-refractivity contribution is 6.31. The van der Waals surface area contributed by atoms with Crippen LogP contribution in [0.2, 0.25) is 5.02 Å². The fourth-order valence-corrected chi connectivity index (χ4v) is 4.92. The summed E-state index contributed by atoms with van der Waals surface area (Å²) in [5.74, 6) is -0.0167. The van der Waals surface area contributed by atoms with Crippen LogP contribution in [0.1, 0.15) is 46.6 Å². The summed E-state index contributed by atoms with van der Waals surface area (Å²) >= 11 is 6.77. The third kappa shape index (κ3) is 3.69. The van der Waals surface area contributed by atoms with E-state index in [-0.39, 0.29) is 5.91 Å². The van der Waals surface area contributed by atoms with Crippen LogP contribution in [-0.2, 0) is 25.7 Å². The molecule has 0 saturated heterocycles. The Morgan fingerprint density at radius 2 is 1.97 bits per heavy atom. The van der Waals surface area contributed by atoms with E-state index in [0.29, 0.717) is 23.7 Å². The maximum Gasteiger partial charge on any atom is 0.256 e. The zero-order valence-corrected chi connectivity index (χ0v) is 19.8. The number of pyridine rings is 1. The molecule has 0 aliphatic carbocycles. The molecule has 0 atom stereocenters. The van der Waals surface area contributed by atoms with Gasteiger partial charge in [0.15, 0.2) is 0 Å². The number of benzene rings is 2. The SMILES string of the molecule is Cc1cc(-c2ccc(C(C)(C)O)c3nn(C)cc23)cc(Cl)c1CN1Cc2ncccc2C1=O. The number of aliphatic hydroxyl groups is 1. The highest BCUT2D eigenvalue weighted by Crippen LogP contribution is 2.37. The normalized spacial score (nSPS) is 13.8. The first-order chi connectivity index (χ1) is 15.6. The van der Waals surface area contributed by atoms with Gasteiger partial charge in [-0.05, 0) is 61.2 Å². The summed E-state index contributed by atoms with van der Waals surface area (Å²) in [5.41, 5.74) is 5.92. The van der Waals surface area contributed by atoms with Crippen molar-refractivity contribution in [3.05, 3.63) is 81.8 Å². The number of fused-ring (bicyclic) bond motifs is 2. The lowest BCUT2D eigenvalue weighted by atomic mass is 9.91. The third-order valence-electron chi connectivity index (χ3n) is 6.28. The van der Waals surface area contributed by atoms with Crippen LogP contribution in [-0.4, -0.2) is 30.7 Å². The van der Waals surface area contributed by atoms with Crippen LogP contribution in [0.25, 0.3) is 22.0 Å². The van der Waals surface area contributed by atoms with E-state index >= 15 is 0 Å². The zero-order chi connectivity index (χ0) is 23.5. The van der Waals surface area contributed by atoms with Crippen molar-refractivity contribution in [3.63, 3.8) is 0 Å². The molecule has 168 valence electrons. The smallest absolute Gasteiger partial charge is 0.256 e. The molecule has 0 bridgehead atoms. The quantitative estimate of drug-likeness (QED) is 0.466. The molecule has 1 aliphatic rings. The predicted octanol–water partition coefficient (Wildman–Crippen LogP) is 4.98. The maximum atomic E-state index is 12.8. The number of halogens is 1. The summed E-state index contributed by atoms with van der Waals surface area (Å²) in [4.78, 5) is 18.9. The number of nitrogens with zero attached hydrogens (tertiary/aromatic N) is 4. The molecule has 2 aromatic carbocycles. The molecule has 1 N–H and O–H groups in total. The van der Waals surface area contributed by atoms with Crippen LogP contribution in [0.4, 0.5) is 0 Å². The predicted molar refractivity (Wildman–Crippen MR) is 129 cm³/mol. The Balaban J connectivity index is 1.53. The number of aryl methyl sites for hydroxylation is 2. The van der Waals surface area contributed by atoms with Crippen molar-refractivity contribution in [2.75, 3.05) is 0 Å². The molecule has 2 aromatic heterocycles. The minimum Gasteiger partial charge on any atom is -0.386 e. The number of hydrogen-bond donors (Lipinski definition) is 1. The summed E-state index contributed by atoms with van der Waals surface area (Å²) in [7, 11) is 1.87. The van der Waals surface area contributed by atoms with E-state index in [1.165, 1.54) is 0 Å². The first-order valence-corrected chi connectivity index (χ1v) is 11.2. The molecule has 3 heterocycles. The topological polar surface area (TPSA) is 71.2 Å². The Morgan fingerprint density at radius 1 is 1.18 bits per heavy atom. The van der Waals surface area contributed by atoms with Gasteiger partial charge in [-0.25, -0.2) is 0 Å². The molecular weight excluding hydrogens is 436 g/mol. The van der Waals surface area contributed by atoms with Gasteiger partial charge in [-0.3, -0.25) is 14.5 Å². The van der Waals surface area contributed by atoms with E-state index in [0.717, 1.165) is 44.4 Å². The van der Waals surface area contributed by atoms with E-state index in [4.69, 9.17) is 11.6 Å². The van der Waals surface area contributed by atoms with Crippen LogP contribution in [0.5, 0.6) is 0 Å². The monoisotopic (exact) mass is 460 g/mol. The van der Waals surface area contributed by atoms with Gasteiger partial charge in [0.05, 0.1) is 28.9 Å². The second-order valence-corrected chi connectivity index (χ2v) is 9.60. The number of hydrogen-bond acceptors (Lipinski definition) is 4. The molecule has 0 radical (unpaired) electrons. The van der Waals surface area contributed by atoms with Gasteiger partial charge in [-0.15, -0.1) is 0 Å². The van der Waals surface area contributed by atoms with E-state index in [9.17, 15) is 9.90 Å². The third-order valence-corrected chi connectivity index (χ3v) is 6.61. The standard InChI is InChI=1S/C26H25ClN4O2/c1-15-10-16(17-7-8-21(26(2,3)33)24-20(17)12-30(4)29-24)11-22(27)19(15)13-31-14-23-18(25(31)32)6-5-9-28-23/h5-12,33H,13-14H2,1-4H3. The second-order valence-electron chi connectivity index (χ2n) is 9.20. The average molecular weight is 461 g/mol. The Kier molecular flexibility index (Phi) is 5.03. The van der Waals surface area contributed by atoms with E-state index < -0.39 is 5.60 Å². The van der Waals surface area contributed by atoms with Crippen molar-refractivity contribution < 1.29 is 9.90 Å². The van der Waals surface area contributed by atoms with Crippen molar-refractivity contribution in [3.8, 4) is 11.1 Å². The Morgan fingerprint density at radius 3 is 2.67 bits per heavy atom. The van der Waals surface area contributed by atoms with Crippen LogP contribution >= 0.6 is 11.6 Å². The number of carbonyl (C=O) groups excluding carboxylic acids is 1. The van der Waals surface area contributed by atoms with Crippen molar-refractivity contribution in [2.24, 2.45) is 7.05 Å². The van der Waals surface area contributed by atoms with Crippen molar-refractivity contribution >= 4 is 28.4 Å². The Labute approximate surface area is 197 Å². The van der Waals surface area contributed by atoms with Crippen LogP contribution < -0.4 is 0 Å². The molecule has 0 unspecified atom stereocenters. The highest BCUT2D eigenvalue weighted by Gasteiger charge is 2.29. The molecule has 7 heteroatoms. The van der Waals surface area contributed by atoms with Crippen molar-refractivity contribution in [1.82, 2.24) is 19.7 Å². The Hall–Kier alpha value is -3.22. The molecule has 0 saturated carbocycles. The first-order valence-electron chi connectivity index (χ1n) is 10.9. The van der Waals surface area contributed by atoms with Crippen LogP contribution in [0.3, 0.4) is 0 Å². The molecule has 5 rings (SSSR count). The minimum atomic E-state index is -1.00. The van der Waals surface area contributed by atoms with E-state index in [1.54, 1.807) is 35.7 Å². The average Bonchev–Trinajstić information content (AvgIpc) is 3.28. The fourth-order valence-electron chi connectivity index (χ4n) is 4.60. The summed E-state index contributed by atoms with van der Waals surface area (Å²) in [6.07, 6.45) is 3.68. The van der Waals surface area contributed by atoms with Gasteiger partial charge >= 0.3 is 0 Å². The van der Waals surface area contributed by atoms with Gasteiger partial charge in [0.25, 0.3) is 5.91 Å². The highest BCUT2D eigenvalue weighted by atomic mass is 35.5. The zero-order valence-electron chi connectivity index (χ0n) is 19.1. The molecule has 4 aromatic rings. The lowest BCUT2D eigenvalue weighted by Crippen LogP contribution is -2.24. The lowest BCUT2D eigenvalue weighted by molar-refractivity contribution is 0.0765. The van der Waals surface area contributed by atoms with Crippen LogP contribution in [0.15, 0.2) is 48.8 Å². The molecule has 6 nitrogen and oxygen atoms in total. The lowest BCUT2D eigenvalue weighted by Gasteiger charge is -2.20. The molecular formula is C26H25ClN4O2. The van der Waals surface area contributed by atoms with Gasteiger partial charge in [0.2, 0.25) is 0 Å². The molecule has 33 heavy (non-hydrogen) atoms. The molecule has 0 fully saturated rings. The van der Waals surface area contributed by atoms with E-state index in [1.807, 2.05) is 44.4 Å². The number of rotatable bonds is 4. The molecule has 1 amide bonds. The largest absolute Gasteiger partial charge is 0.386 e. The van der Waals surface area contributed by atoms with Gasteiger partial charge in [-0.1, -0.05) is 29.8 Å². The van der Waals surface area contributed by atoms with Gasteiger partial charge in [-0.2, -0.15) is 5.10 Å². The molecule has 0 spiro atoms. The second kappa shape index (κ2) is 7.68. The summed E-state index contributed by atoms with van der Waals surface area (Å²) in [6.45, 7) is 6.46. The summed E-state index contributed by atoms with van der Waals surface area (Å²) in [5, 5.41) is 16.8. The maximum absolute atomic E-state index is 12.8. The molecule has 1 aliphatic heterocycles. The fraction of sp³-hybridized carbons (Fsp3) is 0.269. The minimum absolute atomic E-state index is 0.0167. The van der Waals surface area contributed by atoms with Crippen molar-refractivity contribution in [2.45, 2.75) is 39.5 Å². The van der Waals surface area contributed by atoms with Gasteiger partial charge < -0.3 is 10.0 Å². The summed E-state index contributed by atoms with van der Waals surface area (Å²) < 4.78 is 1.76. The number of carbonyl (C=O) groups is 1. The Bertz CT molecular complexity index is 1390. The number of amides is 1. The van der Waals surface area contributed by atoms with Crippen LogP contribution in [0, 0.1) is 6.92 Å². The first kappa shape index (κ1) is 21.6. The van der Waals surface area contributed by atoms with Crippen molar-refractivity contribution in [1.29, 1.82) is 0 Å². The number of aromatic nitrogens is 3. The van der Waals surface area contributed by atoms with E-state index in [2.05, 4.69) is 16.1 Å². The van der Waals surface area contributed by atoms with Gasteiger partial charge in [0, 0.05) is 42.0 Å². The summed E-state index contributed by atoms with van der Waals surface area (Å²) in [6, 6.07) is 11.6.